The van der Waals surface area contributed by atoms with Gasteiger partial charge in [-0.25, -0.2) is 0 Å². The number of para-hydroxylation sites is 1. The Balaban J connectivity index is 1.25. The predicted octanol–water partition coefficient (Wildman–Crippen LogP) is 3.86. The SMILES string of the molecule is Cn1cc(C2CC2C(=O)Nc2ccc(N3CCc4ccccc43)cc2)cn1. The molecule has 27 heavy (non-hydrogen) atoms. The molecule has 2 aromatic carbocycles. The van der Waals surface area contributed by atoms with Crippen LogP contribution in [0.15, 0.2) is 60.9 Å². The van der Waals surface area contributed by atoms with Crippen LogP contribution in [-0.4, -0.2) is 22.2 Å². The number of carbonyl (C=O) groups excluding carboxylic acids is 1. The molecule has 0 bridgehead atoms. The van der Waals surface area contributed by atoms with Crippen molar-refractivity contribution >= 4 is 23.0 Å². The average molecular weight is 358 g/mol. The summed E-state index contributed by atoms with van der Waals surface area (Å²) in [6, 6.07) is 16.7. The molecule has 5 rings (SSSR count). The van der Waals surface area contributed by atoms with E-state index in [1.807, 2.05) is 31.6 Å². The van der Waals surface area contributed by atoms with Crippen molar-refractivity contribution in [1.29, 1.82) is 0 Å². The van der Waals surface area contributed by atoms with Crippen molar-refractivity contribution in [2.24, 2.45) is 13.0 Å². The van der Waals surface area contributed by atoms with Crippen molar-refractivity contribution in [3.63, 3.8) is 0 Å². The summed E-state index contributed by atoms with van der Waals surface area (Å²) in [5.41, 5.74) is 5.85. The van der Waals surface area contributed by atoms with Gasteiger partial charge in [0.2, 0.25) is 5.91 Å². The van der Waals surface area contributed by atoms with Gasteiger partial charge in [0.1, 0.15) is 0 Å². The summed E-state index contributed by atoms with van der Waals surface area (Å²) in [6.07, 6.45) is 5.84. The summed E-state index contributed by atoms with van der Waals surface area (Å²) in [5.74, 6) is 0.460. The van der Waals surface area contributed by atoms with Crippen LogP contribution in [0.2, 0.25) is 0 Å². The minimum absolute atomic E-state index is 0.0549. The number of fused-ring (bicyclic) bond motifs is 1. The van der Waals surface area contributed by atoms with Gasteiger partial charge in [-0.15, -0.1) is 0 Å². The van der Waals surface area contributed by atoms with Gasteiger partial charge in [-0.05, 0) is 60.2 Å². The van der Waals surface area contributed by atoms with E-state index >= 15 is 0 Å². The topological polar surface area (TPSA) is 50.2 Å². The van der Waals surface area contributed by atoms with Gasteiger partial charge >= 0.3 is 0 Å². The van der Waals surface area contributed by atoms with Crippen LogP contribution in [0.25, 0.3) is 0 Å². The Morgan fingerprint density at radius 3 is 2.74 bits per heavy atom. The van der Waals surface area contributed by atoms with Gasteiger partial charge in [0.15, 0.2) is 0 Å². The summed E-state index contributed by atoms with van der Waals surface area (Å²) in [6.45, 7) is 1.000. The maximum atomic E-state index is 12.5. The summed E-state index contributed by atoms with van der Waals surface area (Å²) < 4.78 is 1.79. The molecule has 1 saturated carbocycles. The predicted molar refractivity (Wildman–Crippen MR) is 106 cm³/mol. The van der Waals surface area contributed by atoms with Gasteiger partial charge in [0.05, 0.1) is 6.20 Å². The number of hydrogen-bond acceptors (Lipinski definition) is 3. The van der Waals surface area contributed by atoms with Crippen LogP contribution in [-0.2, 0) is 18.3 Å². The van der Waals surface area contributed by atoms with E-state index in [2.05, 4.69) is 51.7 Å². The zero-order valence-corrected chi connectivity index (χ0v) is 15.3. The molecule has 1 aliphatic carbocycles. The van der Waals surface area contributed by atoms with E-state index in [0.29, 0.717) is 5.92 Å². The second-order valence-corrected chi connectivity index (χ2v) is 7.46. The molecule has 2 heterocycles. The van der Waals surface area contributed by atoms with Crippen molar-refractivity contribution in [1.82, 2.24) is 9.78 Å². The van der Waals surface area contributed by atoms with Gasteiger partial charge in [-0.2, -0.15) is 5.10 Å². The van der Waals surface area contributed by atoms with E-state index in [4.69, 9.17) is 0 Å². The maximum absolute atomic E-state index is 12.5. The molecule has 3 aromatic rings. The fourth-order valence-electron chi connectivity index (χ4n) is 4.05. The molecule has 136 valence electrons. The number of carbonyl (C=O) groups is 1. The lowest BCUT2D eigenvalue weighted by molar-refractivity contribution is -0.117. The second-order valence-electron chi connectivity index (χ2n) is 7.46. The van der Waals surface area contributed by atoms with Crippen molar-refractivity contribution in [3.05, 3.63) is 72.1 Å². The third-order valence-electron chi connectivity index (χ3n) is 5.61. The Kier molecular flexibility index (Phi) is 3.74. The highest BCUT2D eigenvalue weighted by molar-refractivity contribution is 5.95. The molecule has 5 nitrogen and oxygen atoms in total. The zero-order chi connectivity index (χ0) is 18.4. The number of amides is 1. The van der Waals surface area contributed by atoms with Crippen LogP contribution in [0.1, 0.15) is 23.5 Å². The second kappa shape index (κ2) is 6.27. The monoisotopic (exact) mass is 358 g/mol. The number of benzene rings is 2. The van der Waals surface area contributed by atoms with Crippen LogP contribution in [0, 0.1) is 5.92 Å². The fraction of sp³-hybridized carbons (Fsp3) is 0.273. The highest BCUT2D eigenvalue weighted by atomic mass is 16.2. The molecule has 1 aromatic heterocycles. The fourth-order valence-corrected chi connectivity index (χ4v) is 4.05. The largest absolute Gasteiger partial charge is 0.341 e. The molecule has 0 radical (unpaired) electrons. The third kappa shape index (κ3) is 2.99. The van der Waals surface area contributed by atoms with Crippen LogP contribution in [0.3, 0.4) is 0 Å². The Morgan fingerprint density at radius 1 is 1.15 bits per heavy atom. The lowest BCUT2D eigenvalue weighted by Gasteiger charge is -2.20. The van der Waals surface area contributed by atoms with Crippen LogP contribution in [0.4, 0.5) is 17.1 Å². The Hall–Kier alpha value is -3.08. The van der Waals surface area contributed by atoms with Gasteiger partial charge in [0, 0.05) is 42.8 Å². The van der Waals surface area contributed by atoms with Gasteiger partial charge < -0.3 is 10.2 Å². The lowest BCUT2D eigenvalue weighted by atomic mass is 10.2. The van der Waals surface area contributed by atoms with E-state index in [-0.39, 0.29) is 11.8 Å². The number of rotatable bonds is 4. The molecule has 0 spiro atoms. The number of nitrogens with zero attached hydrogens (tertiary/aromatic N) is 3. The molecule has 2 atom stereocenters. The Labute approximate surface area is 158 Å². The molecule has 1 amide bonds. The van der Waals surface area contributed by atoms with Crippen LogP contribution in [0.5, 0.6) is 0 Å². The van der Waals surface area contributed by atoms with Gasteiger partial charge in [-0.3, -0.25) is 9.48 Å². The first kappa shape index (κ1) is 16.1. The summed E-state index contributed by atoms with van der Waals surface area (Å²) in [5, 5.41) is 7.26. The molecule has 1 fully saturated rings. The quantitative estimate of drug-likeness (QED) is 0.770. The molecule has 1 aliphatic heterocycles. The number of nitrogens with one attached hydrogen (secondary N) is 1. The summed E-state index contributed by atoms with van der Waals surface area (Å²) in [4.78, 5) is 14.9. The first-order valence-electron chi connectivity index (χ1n) is 9.44. The molecule has 1 N–H and O–H groups in total. The summed E-state index contributed by atoms with van der Waals surface area (Å²) in [7, 11) is 1.90. The third-order valence-corrected chi connectivity index (χ3v) is 5.61. The molecule has 5 heteroatoms. The van der Waals surface area contributed by atoms with E-state index in [1.54, 1.807) is 4.68 Å². The lowest BCUT2D eigenvalue weighted by Crippen LogP contribution is -2.15. The number of aryl methyl sites for hydroxylation is 1. The van der Waals surface area contributed by atoms with E-state index in [1.165, 1.54) is 11.3 Å². The van der Waals surface area contributed by atoms with Crippen molar-refractivity contribution < 1.29 is 4.79 Å². The standard InChI is InChI=1S/C22H22N4O/c1-25-14-16(13-23-25)19-12-20(19)22(27)24-17-6-8-18(9-7-17)26-11-10-15-4-2-3-5-21(15)26/h2-9,13-14,19-20H,10-12H2,1H3,(H,24,27). The molecular formula is C22H22N4O. The molecular weight excluding hydrogens is 336 g/mol. The highest BCUT2D eigenvalue weighted by Crippen LogP contribution is 2.47. The number of anilines is 3. The number of aromatic nitrogens is 2. The van der Waals surface area contributed by atoms with E-state index in [0.717, 1.165) is 36.3 Å². The minimum atomic E-state index is 0.0549. The number of hydrogen-bond donors (Lipinski definition) is 1. The Morgan fingerprint density at radius 2 is 1.96 bits per heavy atom. The first-order chi connectivity index (χ1) is 13.2. The normalized spacial score (nSPS) is 20.4. The van der Waals surface area contributed by atoms with Crippen molar-refractivity contribution in [2.45, 2.75) is 18.8 Å². The van der Waals surface area contributed by atoms with Gasteiger partial charge in [0.25, 0.3) is 0 Å². The molecule has 2 aliphatic rings. The maximum Gasteiger partial charge on any atom is 0.228 e. The Bertz CT molecular complexity index is 992. The minimum Gasteiger partial charge on any atom is -0.341 e. The first-order valence-corrected chi connectivity index (χ1v) is 9.44. The zero-order valence-electron chi connectivity index (χ0n) is 15.3. The van der Waals surface area contributed by atoms with E-state index in [9.17, 15) is 4.79 Å². The smallest absolute Gasteiger partial charge is 0.228 e. The molecule has 0 saturated heterocycles. The van der Waals surface area contributed by atoms with Crippen LogP contribution < -0.4 is 10.2 Å². The average Bonchev–Trinajstić information content (AvgIpc) is 3.19. The van der Waals surface area contributed by atoms with Crippen molar-refractivity contribution in [3.8, 4) is 0 Å². The summed E-state index contributed by atoms with van der Waals surface area (Å²) >= 11 is 0. The van der Waals surface area contributed by atoms with Crippen LogP contribution >= 0.6 is 0 Å². The molecule has 2 unspecified atom stereocenters. The van der Waals surface area contributed by atoms with Crippen molar-refractivity contribution in [2.75, 3.05) is 16.8 Å². The highest BCUT2D eigenvalue weighted by Gasteiger charge is 2.44. The van der Waals surface area contributed by atoms with Gasteiger partial charge in [-0.1, -0.05) is 18.2 Å². The van der Waals surface area contributed by atoms with E-state index < -0.39 is 0 Å².